The molecule has 9 heavy (non-hydrogen) atoms. The van der Waals surface area contributed by atoms with Crippen LogP contribution in [0.5, 0.6) is 0 Å². The van der Waals surface area contributed by atoms with Crippen LogP contribution in [0.2, 0.25) is 0 Å². The standard InChI is InChI=1S/C6H6N2O/c9-6-2-1-5-3-7-4-8(5)6/h3-4H,1-2H2. The third kappa shape index (κ3) is 0.512. The van der Waals surface area contributed by atoms with Crippen molar-refractivity contribution in [3.8, 4) is 0 Å². The third-order valence-electron chi connectivity index (χ3n) is 1.58. The number of carbonyl (C=O) groups is 1. The Morgan fingerprint density at radius 1 is 1.56 bits per heavy atom. The van der Waals surface area contributed by atoms with Gasteiger partial charge in [0.05, 0.1) is 0 Å². The van der Waals surface area contributed by atoms with Gasteiger partial charge < -0.3 is 0 Å². The molecule has 1 aromatic rings. The first-order valence-electron chi connectivity index (χ1n) is 2.92. The van der Waals surface area contributed by atoms with Crippen molar-refractivity contribution in [3.63, 3.8) is 0 Å². The molecule has 0 unspecified atom stereocenters. The van der Waals surface area contributed by atoms with Crippen molar-refractivity contribution < 1.29 is 4.79 Å². The van der Waals surface area contributed by atoms with Crippen LogP contribution in [0.4, 0.5) is 0 Å². The number of nitrogens with zero attached hydrogens (tertiary/aromatic N) is 2. The van der Waals surface area contributed by atoms with Gasteiger partial charge in [-0.25, -0.2) is 4.98 Å². The highest BCUT2D eigenvalue weighted by Crippen LogP contribution is 2.11. The van der Waals surface area contributed by atoms with Crippen molar-refractivity contribution in [2.75, 3.05) is 0 Å². The molecule has 0 amide bonds. The fraction of sp³-hybridized carbons (Fsp3) is 0.333. The van der Waals surface area contributed by atoms with Crippen molar-refractivity contribution in [1.29, 1.82) is 0 Å². The molecule has 3 heteroatoms. The number of carbonyl (C=O) groups excluding carboxylic acids is 1. The first-order chi connectivity index (χ1) is 4.38. The van der Waals surface area contributed by atoms with Crippen molar-refractivity contribution >= 4 is 5.91 Å². The summed E-state index contributed by atoms with van der Waals surface area (Å²) in [6.07, 6.45) is 4.83. The van der Waals surface area contributed by atoms with Crippen molar-refractivity contribution in [3.05, 3.63) is 18.2 Å². The number of hydrogen-bond acceptors (Lipinski definition) is 2. The average molecular weight is 122 g/mol. The van der Waals surface area contributed by atoms with Crippen LogP contribution in [0, 0.1) is 0 Å². The topological polar surface area (TPSA) is 34.9 Å². The summed E-state index contributed by atoms with van der Waals surface area (Å²) >= 11 is 0. The van der Waals surface area contributed by atoms with Gasteiger partial charge in [0.25, 0.3) is 0 Å². The molecule has 2 heterocycles. The van der Waals surface area contributed by atoms with Crippen LogP contribution in [-0.2, 0) is 6.42 Å². The quantitative estimate of drug-likeness (QED) is 0.501. The smallest absolute Gasteiger partial charge is 0.232 e. The van der Waals surface area contributed by atoms with Gasteiger partial charge in [0.15, 0.2) is 0 Å². The number of hydrogen-bond donors (Lipinski definition) is 0. The maximum Gasteiger partial charge on any atom is 0.232 e. The molecule has 1 aromatic heterocycles. The number of aromatic nitrogens is 2. The molecule has 0 saturated carbocycles. The maximum absolute atomic E-state index is 10.8. The summed E-state index contributed by atoms with van der Waals surface area (Å²) in [5, 5.41) is 0. The minimum Gasteiger partial charge on any atom is -0.274 e. The van der Waals surface area contributed by atoms with Gasteiger partial charge in [-0.2, -0.15) is 0 Å². The van der Waals surface area contributed by atoms with Gasteiger partial charge in [-0.15, -0.1) is 0 Å². The summed E-state index contributed by atoms with van der Waals surface area (Å²) in [4.78, 5) is 14.7. The van der Waals surface area contributed by atoms with Crippen LogP contribution in [0.25, 0.3) is 0 Å². The van der Waals surface area contributed by atoms with Crippen LogP contribution < -0.4 is 0 Å². The van der Waals surface area contributed by atoms with E-state index in [4.69, 9.17) is 0 Å². The lowest BCUT2D eigenvalue weighted by molar-refractivity contribution is 0.0923. The minimum absolute atomic E-state index is 0.169. The van der Waals surface area contributed by atoms with E-state index in [0.717, 1.165) is 12.1 Å². The van der Waals surface area contributed by atoms with Crippen LogP contribution in [0.3, 0.4) is 0 Å². The highest BCUT2D eigenvalue weighted by atomic mass is 16.2. The van der Waals surface area contributed by atoms with E-state index in [-0.39, 0.29) is 5.91 Å². The van der Waals surface area contributed by atoms with E-state index in [1.807, 2.05) is 0 Å². The molecule has 0 bridgehead atoms. The van der Waals surface area contributed by atoms with E-state index < -0.39 is 0 Å². The van der Waals surface area contributed by atoms with E-state index >= 15 is 0 Å². The molecule has 0 aromatic carbocycles. The van der Waals surface area contributed by atoms with Crippen LogP contribution in [0.1, 0.15) is 16.9 Å². The largest absolute Gasteiger partial charge is 0.274 e. The molecule has 0 atom stereocenters. The van der Waals surface area contributed by atoms with Gasteiger partial charge >= 0.3 is 0 Å². The third-order valence-corrected chi connectivity index (χ3v) is 1.58. The Hall–Kier alpha value is -1.12. The van der Waals surface area contributed by atoms with Crippen molar-refractivity contribution in [2.45, 2.75) is 12.8 Å². The zero-order valence-electron chi connectivity index (χ0n) is 4.87. The highest BCUT2D eigenvalue weighted by molar-refractivity contribution is 5.82. The summed E-state index contributed by atoms with van der Waals surface area (Å²) in [5.41, 5.74) is 1.04. The van der Waals surface area contributed by atoms with Crippen LogP contribution >= 0.6 is 0 Å². The molecule has 0 saturated heterocycles. The Morgan fingerprint density at radius 3 is 3.22 bits per heavy atom. The van der Waals surface area contributed by atoms with Gasteiger partial charge in [0.2, 0.25) is 5.91 Å². The van der Waals surface area contributed by atoms with Crippen molar-refractivity contribution in [2.24, 2.45) is 0 Å². The van der Waals surface area contributed by atoms with Gasteiger partial charge in [0.1, 0.15) is 6.33 Å². The molecule has 3 nitrogen and oxygen atoms in total. The molecule has 0 fully saturated rings. The Kier molecular flexibility index (Phi) is 0.754. The molecule has 2 rings (SSSR count). The predicted octanol–water partition coefficient (Wildman–Crippen LogP) is 0.469. The molecule has 0 N–H and O–H groups in total. The second-order valence-electron chi connectivity index (χ2n) is 2.15. The molecule has 0 radical (unpaired) electrons. The number of rotatable bonds is 0. The number of imidazole rings is 1. The predicted molar refractivity (Wildman–Crippen MR) is 31.2 cm³/mol. The van der Waals surface area contributed by atoms with Gasteiger partial charge in [-0.05, 0) is 6.42 Å². The summed E-state index contributed by atoms with van der Waals surface area (Å²) < 4.78 is 1.61. The van der Waals surface area contributed by atoms with E-state index in [2.05, 4.69) is 4.98 Å². The van der Waals surface area contributed by atoms with Crippen molar-refractivity contribution in [1.82, 2.24) is 9.55 Å². The normalized spacial score (nSPS) is 16.2. The molecular formula is C6H6N2O. The second-order valence-corrected chi connectivity index (χ2v) is 2.15. The fourth-order valence-corrected chi connectivity index (χ4v) is 1.09. The molecule has 0 aliphatic carbocycles. The minimum atomic E-state index is 0.169. The lowest BCUT2D eigenvalue weighted by atomic mass is 10.3. The Bertz CT molecular complexity index is 251. The van der Waals surface area contributed by atoms with Gasteiger partial charge in [-0.1, -0.05) is 0 Å². The molecular weight excluding hydrogens is 116 g/mol. The van der Waals surface area contributed by atoms with Gasteiger partial charge in [-0.3, -0.25) is 9.36 Å². The first-order valence-corrected chi connectivity index (χ1v) is 2.92. The van der Waals surface area contributed by atoms with E-state index in [1.165, 1.54) is 0 Å². The molecule has 46 valence electrons. The Balaban J connectivity index is 2.61. The zero-order chi connectivity index (χ0) is 6.27. The first kappa shape index (κ1) is 4.73. The second kappa shape index (κ2) is 1.43. The monoisotopic (exact) mass is 122 g/mol. The fourth-order valence-electron chi connectivity index (χ4n) is 1.09. The summed E-state index contributed by atoms with van der Waals surface area (Å²) in [5.74, 6) is 0.169. The number of aryl methyl sites for hydroxylation is 1. The molecule has 1 aliphatic heterocycles. The molecule has 1 aliphatic rings. The Morgan fingerprint density at radius 2 is 2.44 bits per heavy atom. The highest BCUT2D eigenvalue weighted by Gasteiger charge is 2.17. The lowest BCUT2D eigenvalue weighted by Crippen LogP contribution is -2.00. The zero-order valence-corrected chi connectivity index (χ0v) is 4.87. The van der Waals surface area contributed by atoms with E-state index in [9.17, 15) is 4.79 Å². The Labute approximate surface area is 52.3 Å². The summed E-state index contributed by atoms with van der Waals surface area (Å²) in [6, 6.07) is 0. The SMILES string of the molecule is O=C1CCc2cncn21. The van der Waals surface area contributed by atoms with E-state index in [1.54, 1.807) is 17.1 Å². The van der Waals surface area contributed by atoms with Crippen LogP contribution in [0.15, 0.2) is 12.5 Å². The summed E-state index contributed by atoms with van der Waals surface area (Å²) in [6.45, 7) is 0. The van der Waals surface area contributed by atoms with Crippen LogP contribution in [-0.4, -0.2) is 15.5 Å². The summed E-state index contributed by atoms with van der Waals surface area (Å²) in [7, 11) is 0. The number of fused-ring (bicyclic) bond motifs is 1. The molecule has 0 spiro atoms. The average Bonchev–Trinajstić information content (AvgIpc) is 2.35. The van der Waals surface area contributed by atoms with Gasteiger partial charge in [0, 0.05) is 18.3 Å². The van der Waals surface area contributed by atoms with E-state index in [0.29, 0.717) is 6.42 Å². The maximum atomic E-state index is 10.8. The lowest BCUT2D eigenvalue weighted by Gasteiger charge is -1.87.